The Morgan fingerprint density at radius 2 is 2.12 bits per heavy atom. The minimum absolute atomic E-state index is 0.0994. The molecule has 1 heterocycles. The number of nitro benzene ring substituents is 1. The Hall–Kier alpha value is -3.09. The summed E-state index contributed by atoms with van der Waals surface area (Å²) in [6, 6.07) is 12.1. The van der Waals surface area contributed by atoms with Gasteiger partial charge in [-0.25, -0.2) is 0 Å². The summed E-state index contributed by atoms with van der Waals surface area (Å²) in [6.07, 6.45) is 0.906. The molecular weight excluding hydrogens is 310 g/mol. The van der Waals surface area contributed by atoms with E-state index in [0.717, 1.165) is 18.7 Å². The van der Waals surface area contributed by atoms with Crippen LogP contribution in [0.5, 0.6) is 5.75 Å². The number of nitro groups is 1. The third-order valence-corrected chi connectivity index (χ3v) is 3.99. The number of benzene rings is 2. The summed E-state index contributed by atoms with van der Waals surface area (Å²) in [6.45, 7) is 0.960. The fraction of sp³-hybridized carbons (Fsp3) is 0.235. The second-order valence-corrected chi connectivity index (χ2v) is 5.49. The molecule has 1 amide bonds. The van der Waals surface area contributed by atoms with Gasteiger partial charge in [-0.2, -0.15) is 0 Å². The molecule has 7 heteroatoms. The van der Waals surface area contributed by atoms with Crippen molar-refractivity contribution >= 4 is 23.0 Å². The highest BCUT2D eigenvalue weighted by Gasteiger charge is 2.21. The Morgan fingerprint density at radius 1 is 1.33 bits per heavy atom. The molecule has 0 bridgehead atoms. The molecule has 0 spiro atoms. The van der Waals surface area contributed by atoms with Crippen molar-refractivity contribution in [2.75, 3.05) is 30.4 Å². The molecule has 124 valence electrons. The van der Waals surface area contributed by atoms with E-state index in [2.05, 4.69) is 11.4 Å². The molecule has 7 nitrogen and oxygen atoms in total. The number of amides is 1. The van der Waals surface area contributed by atoms with Gasteiger partial charge in [-0.15, -0.1) is 0 Å². The quantitative estimate of drug-likeness (QED) is 0.674. The van der Waals surface area contributed by atoms with Gasteiger partial charge in [0.2, 0.25) is 5.91 Å². The summed E-state index contributed by atoms with van der Waals surface area (Å²) in [5.41, 5.74) is 2.47. The molecule has 0 aliphatic carbocycles. The number of para-hydroxylation sites is 1. The van der Waals surface area contributed by atoms with Crippen LogP contribution in [0.4, 0.5) is 17.1 Å². The molecule has 0 saturated heterocycles. The number of methoxy groups -OCH3 is 1. The van der Waals surface area contributed by atoms with Crippen LogP contribution in [0.2, 0.25) is 0 Å². The van der Waals surface area contributed by atoms with Crippen LogP contribution in [-0.2, 0) is 11.2 Å². The first-order chi connectivity index (χ1) is 11.6. The first kappa shape index (κ1) is 15.8. The Bertz CT molecular complexity index is 791. The lowest BCUT2D eigenvalue weighted by Crippen LogP contribution is -2.32. The van der Waals surface area contributed by atoms with Crippen molar-refractivity contribution in [3.63, 3.8) is 0 Å². The van der Waals surface area contributed by atoms with Crippen molar-refractivity contribution in [1.82, 2.24) is 0 Å². The number of fused-ring (bicyclic) bond motifs is 1. The number of ether oxygens (including phenoxy) is 1. The lowest BCUT2D eigenvalue weighted by atomic mass is 10.2. The van der Waals surface area contributed by atoms with Crippen molar-refractivity contribution < 1.29 is 14.5 Å². The lowest BCUT2D eigenvalue weighted by Gasteiger charge is -2.19. The normalized spacial score (nSPS) is 12.6. The van der Waals surface area contributed by atoms with E-state index < -0.39 is 4.92 Å². The maximum absolute atomic E-state index is 12.3. The van der Waals surface area contributed by atoms with Gasteiger partial charge in [-0.3, -0.25) is 14.9 Å². The maximum Gasteiger partial charge on any atom is 0.271 e. The number of hydrogen-bond donors (Lipinski definition) is 1. The van der Waals surface area contributed by atoms with Crippen LogP contribution in [0.25, 0.3) is 0 Å². The molecule has 2 aromatic carbocycles. The average molecular weight is 327 g/mol. The van der Waals surface area contributed by atoms with Crippen molar-refractivity contribution in [2.45, 2.75) is 6.42 Å². The standard InChI is InChI=1S/C17H17N3O4/c1-24-16-7-6-13(20(22)23)10-14(16)18-17(21)11-19-9-8-12-4-2-3-5-15(12)19/h2-7,10H,8-9,11H2,1H3,(H,18,21). The predicted molar refractivity (Wildman–Crippen MR) is 90.6 cm³/mol. The van der Waals surface area contributed by atoms with E-state index in [4.69, 9.17) is 4.74 Å². The first-order valence-corrected chi connectivity index (χ1v) is 7.53. The fourth-order valence-corrected chi connectivity index (χ4v) is 2.84. The van der Waals surface area contributed by atoms with Crippen LogP contribution in [0.15, 0.2) is 42.5 Å². The van der Waals surface area contributed by atoms with E-state index in [1.54, 1.807) is 0 Å². The molecular formula is C17H17N3O4. The van der Waals surface area contributed by atoms with Crippen LogP contribution < -0.4 is 15.0 Å². The monoisotopic (exact) mass is 327 g/mol. The highest BCUT2D eigenvalue weighted by molar-refractivity contribution is 5.96. The average Bonchev–Trinajstić information content (AvgIpc) is 2.98. The summed E-state index contributed by atoms with van der Waals surface area (Å²) in [5, 5.41) is 13.6. The van der Waals surface area contributed by atoms with Gasteiger partial charge in [0, 0.05) is 24.4 Å². The van der Waals surface area contributed by atoms with E-state index in [9.17, 15) is 14.9 Å². The Morgan fingerprint density at radius 3 is 2.88 bits per heavy atom. The molecule has 0 saturated carbocycles. The second-order valence-electron chi connectivity index (χ2n) is 5.49. The van der Waals surface area contributed by atoms with Gasteiger partial charge in [-0.05, 0) is 24.1 Å². The molecule has 0 radical (unpaired) electrons. The summed E-state index contributed by atoms with van der Waals surface area (Å²) in [5.74, 6) is 0.140. The molecule has 24 heavy (non-hydrogen) atoms. The van der Waals surface area contributed by atoms with Crippen LogP contribution >= 0.6 is 0 Å². The smallest absolute Gasteiger partial charge is 0.271 e. The Kier molecular flexibility index (Phi) is 4.33. The molecule has 3 rings (SSSR count). The van der Waals surface area contributed by atoms with Gasteiger partial charge in [0.1, 0.15) is 5.75 Å². The third kappa shape index (κ3) is 3.15. The second kappa shape index (κ2) is 6.57. The molecule has 1 aliphatic rings. The number of non-ortho nitro benzene ring substituents is 1. The van der Waals surface area contributed by atoms with Gasteiger partial charge in [-0.1, -0.05) is 18.2 Å². The highest BCUT2D eigenvalue weighted by atomic mass is 16.6. The van der Waals surface area contributed by atoms with Crippen LogP contribution in [0, 0.1) is 10.1 Å². The molecule has 1 aliphatic heterocycles. The predicted octanol–water partition coefficient (Wildman–Crippen LogP) is 2.60. The SMILES string of the molecule is COc1ccc([N+](=O)[O-])cc1NC(=O)CN1CCc2ccccc21. The lowest BCUT2D eigenvalue weighted by molar-refractivity contribution is -0.384. The van der Waals surface area contributed by atoms with Crippen molar-refractivity contribution in [2.24, 2.45) is 0 Å². The summed E-state index contributed by atoms with van der Waals surface area (Å²) in [4.78, 5) is 24.7. The minimum atomic E-state index is -0.508. The van der Waals surface area contributed by atoms with Gasteiger partial charge >= 0.3 is 0 Å². The van der Waals surface area contributed by atoms with E-state index in [1.165, 1.54) is 30.9 Å². The Balaban J connectivity index is 1.74. The molecule has 0 unspecified atom stereocenters. The van der Waals surface area contributed by atoms with Crippen molar-refractivity contribution in [3.05, 3.63) is 58.1 Å². The zero-order valence-electron chi connectivity index (χ0n) is 13.2. The number of nitrogens with one attached hydrogen (secondary N) is 1. The van der Waals surface area contributed by atoms with Gasteiger partial charge in [0.15, 0.2) is 0 Å². The zero-order valence-corrected chi connectivity index (χ0v) is 13.2. The first-order valence-electron chi connectivity index (χ1n) is 7.53. The number of hydrogen-bond acceptors (Lipinski definition) is 5. The summed E-state index contributed by atoms with van der Waals surface area (Å²) >= 11 is 0. The van der Waals surface area contributed by atoms with Crippen molar-refractivity contribution in [3.8, 4) is 5.75 Å². The molecule has 0 fully saturated rings. The maximum atomic E-state index is 12.3. The van der Waals surface area contributed by atoms with E-state index in [1.807, 2.05) is 23.1 Å². The van der Waals surface area contributed by atoms with E-state index in [-0.39, 0.29) is 18.1 Å². The number of carbonyl (C=O) groups is 1. The number of rotatable bonds is 5. The minimum Gasteiger partial charge on any atom is -0.495 e. The largest absolute Gasteiger partial charge is 0.495 e. The number of anilines is 2. The molecule has 0 aromatic heterocycles. The molecule has 1 N–H and O–H groups in total. The van der Waals surface area contributed by atoms with E-state index >= 15 is 0 Å². The molecule has 2 aromatic rings. The van der Waals surface area contributed by atoms with Crippen LogP contribution in [0.1, 0.15) is 5.56 Å². The summed E-state index contributed by atoms with van der Waals surface area (Å²) < 4.78 is 5.16. The topological polar surface area (TPSA) is 84.7 Å². The number of nitrogens with zero attached hydrogens (tertiary/aromatic N) is 2. The molecule has 0 atom stereocenters. The third-order valence-electron chi connectivity index (χ3n) is 3.99. The Labute approximate surface area is 139 Å². The van der Waals surface area contributed by atoms with Crippen LogP contribution in [0.3, 0.4) is 0 Å². The van der Waals surface area contributed by atoms with Gasteiger partial charge in [0.05, 0.1) is 24.3 Å². The number of carbonyl (C=O) groups excluding carboxylic acids is 1. The zero-order chi connectivity index (χ0) is 17.1. The van der Waals surface area contributed by atoms with Gasteiger partial charge < -0.3 is 15.0 Å². The van der Waals surface area contributed by atoms with Crippen LogP contribution in [-0.4, -0.2) is 31.0 Å². The summed E-state index contributed by atoms with van der Waals surface area (Å²) in [7, 11) is 1.45. The fourth-order valence-electron chi connectivity index (χ4n) is 2.84. The van der Waals surface area contributed by atoms with Gasteiger partial charge in [0.25, 0.3) is 5.69 Å². The van der Waals surface area contributed by atoms with E-state index in [0.29, 0.717) is 11.4 Å². The highest BCUT2D eigenvalue weighted by Crippen LogP contribution is 2.30. The van der Waals surface area contributed by atoms with Crippen molar-refractivity contribution in [1.29, 1.82) is 0 Å².